The average molecular weight is 326 g/mol. The number of nitrogens with one attached hydrogen (secondary N) is 2. The predicted octanol–water partition coefficient (Wildman–Crippen LogP) is 2.26. The number of carbonyl (C=O) groups is 2. The molecule has 0 atom stereocenters. The van der Waals surface area contributed by atoms with Crippen molar-refractivity contribution in [1.82, 2.24) is 10.6 Å². The first-order chi connectivity index (χ1) is 10.1. The first kappa shape index (κ1) is 18.3. The van der Waals surface area contributed by atoms with Crippen LogP contribution < -0.4 is 16.4 Å². The summed E-state index contributed by atoms with van der Waals surface area (Å²) in [6.07, 6.45) is 6.12. The number of nitrogens with two attached hydrogens (primary N) is 1. The molecule has 22 heavy (non-hydrogen) atoms. The van der Waals surface area contributed by atoms with Crippen molar-refractivity contribution in [2.45, 2.75) is 44.6 Å². The van der Waals surface area contributed by atoms with E-state index in [0.29, 0.717) is 30.3 Å². The standard InChI is InChI=1S/C16H23N3O2.ClH/c17-13-8-6-12(7-9-13)16(21)18-11-10-15(20)19-14-4-2-1-3-5-14;/h6-9,14H,1-5,10-11,17H2,(H,18,21)(H,19,20);1H. The van der Waals surface area contributed by atoms with Crippen LogP contribution in [0.1, 0.15) is 48.9 Å². The molecule has 6 heteroatoms. The van der Waals surface area contributed by atoms with Gasteiger partial charge in [-0.25, -0.2) is 0 Å². The van der Waals surface area contributed by atoms with E-state index < -0.39 is 0 Å². The summed E-state index contributed by atoms with van der Waals surface area (Å²) in [6, 6.07) is 7.04. The predicted molar refractivity (Wildman–Crippen MR) is 90.1 cm³/mol. The van der Waals surface area contributed by atoms with Gasteiger partial charge in [0.05, 0.1) is 0 Å². The fourth-order valence-electron chi connectivity index (χ4n) is 2.57. The zero-order chi connectivity index (χ0) is 15.1. The number of halogens is 1. The number of benzene rings is 1. The Hall–Kier alpha value is -1.75. The van der Waals surface area contributed by atoms with Crippen molar-refractivity contribution in [3.8, 4) is 0 Å². The Morgan fingerprint density at radius 3 is 2.36 bits per heavy atom. The quantitative estimate of drug-likeness (QED) is 0.726. The fraction of sp³-hybridized carbons (Fsp3) is 0.500. The van der Waals surface area contributed by atoms with Crippen LogP contribution >= 0.6 is 12.4 Å². The third-order valence-electron chi connectivity index (χ3n) is 3.78. The van der Waals surface area contributed by atoms with Crippen LogP contribution in [0, 0.1) is 0 Å². The number of nitrogen functional groups attached to an aromatic ring is 1. The zero-order valence-electron chi connectivity index (χ0n) is 12.6. The topological polar surface area (TPSA) is 84.2 Å². The van der Waals surface area contributed by atoms with Crippen LogP contribution in [0.2, 0.25) is 0 Å². The molecule has 1 aliphatic carbocycles. The number of hydrogen-bond acceptors (Lipinski definition) is 3. The van der Waals surface area contributed by atoms with E-state index in [4.69, 9.17) is 5.73 Å². The summed E-state index contributed by atoms with van der Waals surface area (Å²) in [5.74, 6) is -0.167. The van der Waals surface area contributed by atoms with Gasteiger partial charge < -0.3 is 16.4 Å². The highest BCUT2D eigenvalue weighted by atomic mass is 35.5. The highest BCUT2D eigenvalue weighted by Crippen LogP contribution is 2.17. The zero-order valence-corrected chi connectivity index (χ0v) is 13.5. The van der Waals surface area contributed by atoms with E-state index in [1.54, 1.807) is 24.3 Å². The van der Waals surface area contributed by atoms with E-state index in [9.17, 15) is 9.59 Å². The lowest BCUT2D eigenvalue weighted by Crippen LogP contribution is -2.38. The Morgan fingerprint density at radius 1 is 1.09 bits per heavy atom. The van der Waals surface area contributed by atoms with E-state index in [0.717, 1.165) is 12.8 Å². The molecular weight excluding hydrogens is 302 g/mol. The molecule has 0 saturated heterocycles. The second-order valence-electron chi connectivity index (χ2n) is 5.53. The molecule has 0 radical (unpaired) electrons. The SMILES string of the molecule is Cl.Nc1ccc(C(=O)NCCC(=O)NC2CCCCC2)cc1. The van der Waals surface area contributed by atoms with Crippen LogP contribution in [0.5, 0.6) is 0 Å². The van der Waals surface area contributed by atoms with Crippen LogP contribution in [-0.2, 0) is 4.79 Å². The van der Waals surface area contributed by atoms with Gasteiger partial charge in [0.2, 0.25) is 5.91 Å². The molecule has 0 bridgehead atoms. The molecule has 2 amide bonds. The van der Waals surface area contributed by atoms with Crippen molar-refractivity contribution < 1.29 is 9.59 Å². The fourth-order valence-corrected chi connectivity index (χ4v) is 2.57. The van der Waals surface area contributed by atoms with Gasteiger partial charge in [-0.2, -0.15) is 0 Å². The highest BCUT2D eigenvalue weighted by Gasteiger charge is 2.15. The molecule has 2 rings (SSSR count). The largest absolute Gasteiger partial charge is 0.399 e. The van der Waals surface area contributed by atoms with Gasteiger partial charge in [0.15, 0.2) is 0 Å². The Morgan fingerprint density at radius 2 is 1.73 bits per heavy atom. The molecule has 4 N–H and O–H groups in total. The first-order valence-corrected chi connectivity index (χ1v) is 7.58. The molecule has 1 aromatic rings. The Labute approximate surface area is 137 Å². The lowest BCUT2D eigenvalue weighted by atomic mass is 9.95. The summed E-state index contributed by atoms with van der Waals surface area (Å²) in [5.41, 5.74) is 6.75. The lowest BCUT2D eigenvalue weighted by Gasteiger charge is -2.22. The summed E-state index contributed by atoms with van der Waals surface area (Å²) in [7, 11) is 0. The first-order valence-electron chi connectivity index (χ1n) is 7.58. The Balaban J connectivity index is 0.00000242. The maximum absolute atomic E-state index is 11.8. The van der Waals surface area contributed by atoms with Crippen molar-refractivity contribution in [1.29, 1.82) is 0 Å². The third-order valence-corrected chi connectivity index (χ3v) is 3.78. The minimum absolute atomic E-state index is 0. The minimum atomic E-state index is -0.180. The van der Waals surface area contributed by atoms with E-state index in [1.165, 1.54) is 19.3 Å². The van der Waals surface area contributed by atoms with Crippen LogP contribution in [0.15, 0.2) is 24.3 Å². The second-order valence-corrected chi connectivity index (χ2v) is 5.53. The Bertz CT molecular complexity index is 485. The van der Waals surface area contributed by atoms with Crippen molar-refractivity contribution in [3.63, 3.8) is 0 Å². The van der Waals surface area contributed by atoms with Crippen LogP contribution in [0.25, 0.3) is 0 Å². The normalized spacial score (nSPS) is 14.7. The van der Waals surface area contributed by atoms with Crippen molar-refractivity contribution in [3.05, 3.63) is 29.8 Å². The van der Waals surface area contributed by atoms with Gasteiger partial charge >= 0.3 is 0 Å². The summed E-state index contributed by atoms with van der Waals surface area (Å²) < 4.78 is 0. The third kappa shape index (κ3) is 5.93. The number of amides is 2. The number of carbonyl (C=O) groups excluding carboxylic acids is 2. The summed E-state index contributed by atoms with van der Waals surface area (Å²) >= 11 is 0. The molecule has 0 aliphatic heterocycles. The molecule has 1 saturated carbocycles. The number of rotatable bonds is 5. The van der Waals surface area contributed by atoms with E-state index >= 15 is 0 Å². The van der Waals surface area contributed by atoms with Crippen molar-refractivity contribution >= 4 is 29.9 Å². The Kier molecular flexibility index (Phi) is 7.74. The molecule has 1 fully saturated rings. The molecule has 0 heterocycles. The van der Waals surface area contributed by atoms with Crippen molar-refractivity contribution in [2.24, 2.45) is 0 Å². The van der Waals surface area contributed by atoms with Gasteiger partial charge in [0.25, 0.3) is 5.91 Å². The summed E-state index contributed by atoms with van der Waals surface area (Å²) in [6.45, 7) is 0.349. The summed E-state index contributed by atoms with van der Waals surface area (Å²) in [4.78, 5) is 23.6. The van der Waals surface area contributed by atoms with E-state index in [-0.39, 0.29) is 24.2 Å². The lowest BCUT2D eigenvalue weighted by molar-refractivity contribution is -0.121. The molecule has 0 aromatic heterocycles. The molecular formula is C16H24ClN3O2. The van der Waals surface area contributed by atoms with Crippen molar-refractivity contribution in [2.75, 3.05) is 12.3 Å². The van der Waals surface area contributed by atoms with Gasteiger partial charge in [-0.05, 0) is 37.1 Å². The molecule has 122 valence electrons. The average Bonchev–Trinajstić information content (AvgIpc) is 2.49. The van der Waals surface area contributed by atoms with Crippen LogP contribution in [0.3, 0.4) is 0 Å². The second kappa shape index (κ2) is 9.30. The maximum atomic E-state index is 11.8. The van der Waals surface area contributed by atoms with E-state index in [1.807, 2.05) is 0 Å². The van der Waals surface area contributed by atoms with Gasteiger partial charge in [-0.1, -0.05) is 19.3 Å². The van der Waals surface area contributed by atoms with E-state index in [2.05, 4.69) is 10.6 Å². The van der Waals surface area contributed by atoms with Crippen LogP contribution in [-0.4, -0.2) is 24.4 Å². The van der Waals surface area contributed by atoms with Gasteiger partial charge in [0.1, 0.15) is 0 Å². The highest BCUT2D eigenvalue weighted by molar-refractivity contribution is 5.94. The van der Waals surface area contributed by atoms with Gasteiger partial charge in [-0.15, -0.1) is 12.4 Å². The van der Waals surface area contributed by atoms with Gasteiger partial charge in [0, 0.05) is 30.3 Å². The smallest absolute Gasteiger partial charge is 0.251 e. The molecule has 1 aromatic carbocycles. The van der Waals surface area contributed by atoms with Crippen LogP contribution in [0.4, 0.5) is 5.69 Å². The summed E-state index contributed by atoms with van der Waals surface area (Å²) in [5, 5.41) is 5.78. The van der Waals surface area contributed by atoms with Gasteiger partial charge in [-0.3, -0.25) is 9.59 Å². The molecule has 0 unspecified atom stereocenters. The minimum Gasteiger partial charge on any atom is -0.399 e. The monoisotopic (exact) mass is 325 g/mol. The maximum Gasteiger partial charge on any atom is 0.251 e. The molecule has 5 nitrogen and oxygen atoms in total. The molecule has 0 spiro atoms. The number of anilines is 1. The molecule has 1 aliphatic rings. The number of hydrogen-bond donors (Lipinski definition) is 3.